The van der Waals surface area contributed by atoms with Gasteiger partial charge in [0.15, 0.2) is 18.1 Å². The number of nitrogens with one attached hydrogen (secondary N) is 1. The van der Waals surface area contributed by atoms with Gasteiger partial charge in [0.1, 0.15) is 0 Å². The van der Waals surface area contributed by atoms with E-state index in [0.717, 1.165) is 0 Å². The Kier molecular flexibility index (Phi) is 5.02. The number of hydrogen-bond donors (Lipinski definition) is 1. The van der Waals surface area contributed by atoms with Crippen molar-refractivity contribution in [2.24, 2.45) is 0 Å². The van der Waals surface area contributed by atoms with Crippen molar-refractivity contribution >= 4 is 40.8 Å². The van der Waals surface area contributed by atoms with Crippen LogP contribution in [0.15, 0.2) is 36.4 Å². The van der Waals surface area contributed by atoms with Crippen molar-refractivity contribution < 1.29 is 28.6 Å². The summed E-state index contributed by atoms with van der Waals surface area (Å²) < 4.78 is 15.6. The number of hydrogen-bond acceptors (Lipinski definition) is 6. The minimum absolute atomic E-state index is 0.0189. The van der Waals surface area contributed by atoms with Crippen LogP contribution in [-0.4, -0.2) is 37.2 Å². The number of benzene rings is 2. The lowest BCUT2D eigenvalue weighted by atomic mass is 10.1. The molecule has 2 aliphatic heterocycles. The van der Waals surface area contributed by atoms with Crippen molar-refractivity contribution in [2.75, 3.05) is 23.6 Å². The van der Waals surface area contributed by atoms with Crippen LogP contribution in [0.25, 0.3) is 0 Å². The number of nitrogens with zero attached hydrogens (tertiary/aromatic N) is 1. The molecule has 2 heterocycles. The highest BCUT2D eigenvalue weighted by atomic mass is 35.5. The minimum Gasteiger partial charge on any atom is -0.454 e. The first-order valence-corrected chi connectivity index (χ1v) is 9.29. The normalized spacial score (nSPS) is 17.2. The maximum absolute atomic E-state index is 12.9. The van der Waals surface area contributed by atoms with Crippen LogP contribution in [0.4, 0.5) is 11.4 Å². The van der Waals surface area contributed by atoms with E-state index < -0.39 is 24.5 Å². The molecule has 8 nitrogen and oxygen atoms in total. The zero-order valence-corrected chi connectivity index (χ0v) is 16.2. The van der Waals surface area contributed by atoms with Gasteiger partial charge in [0, 0.05) is 12.5 Å². The highest BCUT2D eigenvalue weighted by Crippen LogP contribution is 2.40. The fraction of sp³-hybridized carbons (Fsp3) is 0.250. The second kappa shape index (κ2) is 7.63. The molecule has 0 radical (unpaired) electrons. The number of rotatable bonds is 3. The number of halogens is 1. The molecule has 29 heavy (non-hydrogen) atoms. The Bertz CT molecular complexity index is 1010. The third-order valence-corrected chi connectivity index (χ3v) is 4.90. The topological polar surface area (TPSA) is 94.2 Å². The van der Waals surface area contributed by atoms with Crippen LogP contribution in [0.5, 0.6) is 11.5 Å². The van der Waals surface area contributed by atoms with E-state index in [1.54, 1.807) is 31.2 Å². The predicted octanol–water partition coefficient (Wildman–Crippen LogP) is 2.99. The Hall–Kier alpha value is -3.26. The molecule has 0 saturated carbocycles. The molecule has 1 N–H and O–H groups in total. The van der Waals surface area contributed by atoms with Crippen molar-refractivity contribution in [3.63, 3.8) is 0 Å². The first kappa shape index (κ1) is 19.1. The van der Waals surface area contributed by atoms with Crippen molar-refractivity contribution in [1.29, 1.82) is 0 Å². The number of amides is 2. The molecular weight excluding hydrogens is 400 g/mol. The van der Waals surface area contributed by atoms with Gasteiger partial charge in [-0.25, -0.2) is 4.79 Å². The Morgan fingerprint density at radius 1 is 1.28 bits per heavy atom. The van der Waals surface area contributed by atoms with E-state index in [1.807, 2.05) is 0 Å². The van der Waals surface area contributed by atoms with Crippen molar-refractivity contribution in [1.82, 2.24) is 0 Å². The molecule has 0 fully saturated rings. The van der Waals surface area contributed by atoms with Crippen LogP contribution in [0, 0.1) is 0 Å². The molecule has 150 valence electrons. The Morgan fingerprint density at radius 3 is 2.90 bits per heavy atom. The molecule has 0 aliphatic carbocycles. The molecule has 2 aromatic rings. The van der Waals surface area contributed by atoms with E-state index in [9.17, 15) is 14.4 Å². The number of carbonyl (C=O) groups is 3. The standard InChI is InChI=1S/C20H17ClN2O6/c1-11-6-17(24)22-14-4-2-3-5-15(14)23(11)18(25)9-27-20(26)12-7-13(21)19-16(8-12)28-10-29-19/h2-5,7-8,11H,6,9-10H2,1H3,(H,22,24). The lowest BCUT2D eigenvalue weighted by Crippen LogP contribution is -2.41. The number of esters is 1. The van der Waals surface area contributed by atoms with Gasteiger partial charge in [-0.15, -0.1) is 0 Å². The molecule has 2 amide bonds. The summed E-state index contributed by atoms with van der Waals surface area (Å²) in [4.78, 5) is 38.8. The molecule has 0 bridgehead atoms. The monoisotopic (exact) mass is 416 g/mol. The minimum atomic E-state index is -0.719. The molecule has 0 spiro atoms. The average molecular weight is 417 g/mol. The fourth-order valence-electron chi connectivity index (χ4n) is 3.33. The van der Waals surface area contributed by atoms with Crippen LogP contribution in [0.2, 0.25) is 5.02 Å². The molecule has 2 aliphatic rings. The summed E-state index contributed by atoms with van der Waals surface area (Å²) >= 11 is 6.08. The zero-order chi connectivity index (χ0) is 20.5. The highest BCUT2D eigenvalue weighted by molar-refractivity contribution is 6.32. The third kappa shape index (κ3) is 3.71. The maximum Gasteiger partial charge on any atom is 0.338 e. The van der Waals surface area contributed by atoms with Gasteiger partial charge in [-0.3, -0.25) is 9.59 Å². The first-order chi connectivity index (χ1) is 13.9. The van der Waals surface area contributed by atoms with Crippen LogP contribution >= 0.6 is 11.6 Å². The molecule has 9 heteroatoms. The van der Waals surface area contributed by atoms with Gasteiger partial charge < -0.3 is 24.4 Å². The van der Waals surface area contributed by atoms with E-state index >= 15 is 0 Å². The molecule has 4 rings (SSSR count). The summed E-state index contributed by atoms with van der Waals surface area (Å²) in [7, 11) is 0. The number of ether oxygens (including phenoxy) is 3. The van der Waals surface area contributed by atoms with Gasteiger partial charge >= 0.3 is 5.97 Å². The molecule has 1 unspecified atom stereocenters. The van der Waals surface area contributed by atoms with Gasteiger partial charge in [-0.05, 0) is 31.2 Å². The lowest BCUT2D eigenvalue weighted by Gasteiger charge is -2.27. The van der Waals surface area contributed by atoms with Crippen LogP contribution in [0.1, 0.15) is 23.7 Å². The molecule has 0 saturated heterocycles. The van der Waals surface area contributed by atoms with E-state index in [2.05, 4.69) is 5.32 Å². The molecule has 1 atom stereocenters. The van der Waals surface area contributed by atoms with Gasteiger partial charge in [0.2, 0.25) is 12.7 Å². The van der Waals surface area contributed by atoms with E-state index in [0.29, 0.717) is 22.9 Å². The van der Waals surface area contributed by atoms with Crippen molar-refractivity contribution in [2.45, 2.75) is 19.4 Å². The first-order valence-electron chi connectivity index (χ1n) is 8.91. The summed E-state index contributed by atoms with van der Waals surface area (Å²) in [5.41, 5.74) is 1.23. The number of fused-ring (bicyclic) bond motifs is 2. The van der Waals surface area contributed by atoms with Gasteiger partial charge in [-0.1, -0.05) is 23.7 Å². The molecule has 2 aromatic carbocycles. The third-order valence-electron chi connectivity index (χ3n) is 4.62. The zero-order valence-electron chi connectivity index (χ0n) is 15.4. The van der Waals surface area contributed by atoms with Gasteiger partial charge in [0.05, 0.1) is 22.0 Å². The predicted molar refractivity (Wildman–Crippen MR) is 104 cm³/mol. The lowest BCUT2D eigenvalue weighted by molar-refractivity contribution is -0.122. The quantitative estimate of drug-likeness (QED) is 0.773. The second-order valence-corrected chi connectivity index (χ2v) is 7.06. The molecule has 0 aromatic heterocycles. The second-order valence-electron chi connectivity index (χ2n) is 6.65. The highest BCUT2D eigenvalue weighted by Gasteiger charge is 2.30. The van der Waals surface area contributed by atoms with E-state index in [1.165, 1.54) is 17.0 Å². The Balaban J connectivity index is 1.50. The van der Waals surface area contributed by atoms with Gasteiger partial charge in [-0.2, -0.15) is 0 Å². The van der Waals surface area contributed by atoms with E-state index in [4.69, 9.17) is 25.8 Å². The summed E-state index contributed by atoms with van der Waals surface area (Å²) in [6, 6.07) is 9.43. The van der Waals surface area contributed by atoms with Crippen LogP contribution in [0.3, 0.4) is 0 Å². The van der Waals surface area contributed by atoms with Crippen molar-refractivity contribution in [3.05, 3.63) is 47.0 Å². The van der Waals surface area contributed by atoms with Crippen LogP contribution < -0.4 is 19.7 Å². The fourth-order valence-corrected chi connectivity index (χ4v) is 3.60. The Labute approximate surface area is 171 Å². The summed E-state index contributed by atoms with van der Waals surface area (Å²) in [6.45, 7) is 1.29. The smallest absolute Gasteiger partial charge is 0.338 e. The van der Waals surface area contributed by atoms with Gasteiger partial charge in [0.25, 0.3) is 5.91 Å². The van der Waals surface area contributed by atoms with Crippen molar-refractivity contribution in [3.8, 4) is 11.5 Å². The van der Waals surface area contributed by atoms with Crippen LogP contribution in [-0.2, 0) is 14.3 Å². The summed E-state index contributed by atoms with van der Waals surface area (Å²) in [5, 5.41) is 3.00. The summed E-state index contributed by atoms with van der Waals surface area (Å²) in [5.74, 6) is -0.640. The number of anilines is 2. The largest absolute Gasteiger partial charge is 0.454 e. The average Bonchev–Trinajstić information content (AvgIpc) is 3.12. The SMILES string of the molecule is CC1CC(=O)Nc2ccccc2N1C(=O)COC(=O)c1cc(Cl)c2c(c1)OCO2. The number of para-hydroxylation sites is 2. The van der Waals surface area contributed by atoms with E-state index in [-0.39, 0.29) is 29.7 Å². The molecular formula is C20H17ClN2O6. The Morgan fingerprint density at radius 2 is 2.07 bits per heavy atom. The summed E-state index contributed by atoms with van der Waals surface area (Å²) in [6.07, 6.45) is 0.131. The number of carbonyl (C=O) groups excluding carboxylic acids is 3. The maximum atomic E-state index is 12.9.